The molecule has 19 heavy (non-hydrogen) atoms. The molecule has 0 bridgehead atoms. The smallest absolute Gasteiger partial charge is 0.0947 e. The molecule has 0 aliphatic rings. The lowest BCUT2D eigenvalue weighted by Crippen LogP contribution is -2.35. The number of unbranched alkanes of at least 4 members (excludes halogenated alkanes) is 1. The van der Waals surface area contributed by atoms with E-state index in [1.54, 1.807) is 7.11 Å². The van der Waals surface area contributed by atoms with Crippen molar-refractivity contribution in [3.63, 3.8) is 0 Å². The zero-order valence-electron chi connectivity index (χ0n) is 12.6. The van der Waals surface area contributed by atoms with Crippen LogP contribution < -0.4 is 4.90 Å². The molecule has 3 heteroatoms. The molecular formula is C16H27NO2. The monoisotopic (exact) mass is 265 g/mol. The minimum atomic E-state index is -0.441. The topological polar surface area (TPSA) is 32.7 Å². The number of ether oxygens (including phenoxy) is 1. The molecule has 0 saturated carbocycles. The van der Waals surface area contributed by atoms with Gasteiger partial charge in [0.05, 0.1) is 12.7 Å². The Hall–Kier alpha value is -1.06. The number of aliphatic hydroxyl groups is 1. The highest BCUT2D eigenvalue weighted by atomic mass is 16.5. The molecular weight excluding hydrogens is 238 g/mol. The molecule has 1 aromatic carbocycles. The Labute approximate surface area is 117 Å². The van der Waals surface area contributed by atoms with Gasteiger partial charge in [0.15, 0.2) is 0 Å². The standard InChI is InChI=1S/C16H27NO2/c1-5-6-9-17(11-16(18)12-19-4)15-8-7-13(2)14(3)10-15/h7-8,10,16,18H,5-6,9,11-12H2,1-4H3. The van der Waals surface area contributed by atoms with Crippen molar-refractivity contribution in [2.75, 3.05) is 31.7 Å². The normalized spacial score (nSPS) is 12.5. The molecule has 0 fully saturated rings. The van der Waals surface area contributed by atoms with Gasteiger partial charge in [0.2, 0.25) is 0 Å². The number of aryl methyl sites for hydroxylation is 2. The van der Waals surface area contributed by atoms with Crippen molar-refractivity contribution in [3.8, 4) is 0 Å². The summed E-state index contributed by atoms with van der Waals surface area (Å²) in [6, 6.07) is 6.48. The van der Waals surface area contributed by atoms with Crippen molar-refractivity contribution < 1.29 is 9.84 Å². The van der Waals surface area contributed by atoms with E-state index in [4.69, 9.17) is 4.74 Å². The molecule has 0 spiro atoms. The SMILES string of the molecule is CCCCN(CC(O)COC)c1ccc(C)c(C)c1. The molecule has 1 N–H and O–H groups in total. The van der Waals surface area contributed by atoms with Gasteiger partial charge in [0, 0.05) is 25.9 Å². The summed E-state index contributed by atoms with van der Waals surface area (Å²) < 4.78 is 5.01. The maximum absolute atomic E-state index is 9.94. The Morgan fingerprint density at radius 1 is 1.26 bits per heavy atom. The van der Waals surface area contributed by atoms with E-state index in [1.807, 2.05) is 0 Å². The predicted octanol–water partition coefficient (Wildman–Crippen LogP) is 2.92. The van der Waals surface area contributed by atoms with Gasteiger partial charge in [-0.2, -0.15) is 0 Å². The summed E-state index contributed by atoms with van der Waals surface area (Å²) in [4.78, 5) is 2.25. The van der Waals surface area contributed by atoms with E-state index >= 15 is 0 Å². The van der Waals surface area contributed by atoms with E-state index in [0.717, 1.165) is 19.4 Å². The number of hydrogen-bond donors (Lipinski definition) is 1. The molecule has 0 aliphatic heterocycles. The summed E-state index contributed by atoms with van der Waals surface area (Å²) in [5.41, 5.74) is 3.78. The molecule has 1 atom stereocenters. The summed E-state index contributed by atoms with van der Waals surface area (Å²) >= 11 is 0. The number of anilines is 1. The molecule has 0 heterocycles. The van der Waals surface area contributed by atoms with Gasteiger partial charge in [0.1, 0.15) is 0 Å². The molecule has 3 nitrogen and oxygen atoms in total. The number of methoxy groups -OCH3 is 1. The zero-order chi connectivity index (χ0) is 14.3. The largest absolute Gasteiger partial charge is 0.389 e. The second-order valence-electron chi connectivity index (χ2n) is 5.18. The fourth-order valence-electron chi connectivity index (χ4n) is 2.10. The van der Waals surface area contributed by atoms with Crippen molar-refractivity contribution in [2.24, 2.45) is 0 Å². The first kappa shape index (κ1) is 16.0. The number of benzene rings is 1. The summed E-state index contributed by atoms with van der Waals surface area (Å²) in [7, 11) is 1.62. The summed E-state index contributed by atoms with van der Waals surface area (Å²) in [6.45, 7) is 8.41. The lowest BCUT2D eigenvalue weighted by Gasteiger charge is -2.27. The fourth-order valence-corrected chi connectivity index (χ4v) is 2.10. The van der Waals surface area contributed by atoms with Crippen LogP contribution in [0.15, 0.2) is 18.2 Å². The molecule has 1 aromatic rings. The predicted molar refractivity (Wildman–Crippen MR) is 80.9 cm³/mol. The van der Waals surface area contributed by atoms with Gasteiger partial charge in [-0.05, 0) is 43.5 Å². The van der Waals surface area contributed by atoms with Gasteiger partial charge in [-0.3, -0.25) is 0 Å². The lowest BCUT2D eigenvalue weighted by molar-refractivity contribution is 0.0688. The van der Waals surface area contributed by atoms with Crippen LogP contribution in [0.4, 0.5) is 5.69 Å². The van der Waals surface area contributed by atoms with Crippen LogP contribution in [-0.4, -0.2) is 38.0 Å². The number of rotatable bonds is 8. The van der Waals surface area contributed by atoms with Crippen molar-refractivity contribution in [3.05, 3.63) is 29.3 Å². The van der Waals surface area contributed by atoms with Crippen LogP contribution in [0.5, 0.6) is 0 Å². The van der Waals surface area contributed by atoms with Gasteiger partial charge < -0.3 is 14.7 Å². The Morgan fingerprint density at radius 3 is 2.58 bits per heavy atom. The van der Waals surface area contributed by atoms with E-state index in [2.05, 4.69) is 43.9 Å². The third kappa shape index (κ3) is 5.21. The molecule has 0 radical (unpaired) electrons. The van der Waals surface area contributed by atoms with Crippen molar-refractivity contribution in [1.29, 1.82) is 0 Å². The fraction of sp³-hybridized carbons (Fsp3) is 0.625. The summed E-state index contributed by atoms with van der Waals surface area (Å²) in [5.74, 6) is 0. The third-order valence-electron chi connectivity index (χ3n) is 3.43. The Kier molecular flexibility index (Phi) is 6.89. The van der Waals surface area contributed by atoms with Gasteiger partial charge in [-0.15, -0.1) is 0 Å². The van der Waals surface area contributed by atoms with Crippen LogP contribution in [0, 0.1) is 13.8 Å². The zero-order valence-corrected chi connectivity index (χ0v) is 12.6. The van der Waals surface area contributed by atoms with Crippen LogP contribution in [0.3, 0.4) is 0 Å². The van der Waals surface area contributed by atoms with Crippen molar-refractivity contribution >= 4 is 5.69 Å². The van der Waals surface area contributed by atoms with Crippen molar-refractivity contribution in [2.45, 2.75) is 39.7 Å². The van der Waals surface area contributed by atoms with E-state index < -0.39 is 6.10 Å². The van der Waals surface area contributed by atoms with Gasteiger partial charge in [-0.1, -0.05) is 19.4 Å². The van der Waals surface area contributed by atoms with Crippen LogP contribution in [-0.2, 0) is 4.74 Å². The van der Waals surface area contributed by atoms with Gasteiger partial charge in [-0.25, -0.2) is 0 Å². The first-order valence-corrected chi connectivity index (χ1v) is 7.07. The van der Waals surface area contributed by atoms with Crippen LogP contribution in [0.1, 0.15) is 30.9 Å². The number of aliphatic hydroxyl groups excluding tert-OH is 1. The maximum Gasteiger partial charge on any atom is 0.0947 e. The quantitative estimate of drug-likeness (QED) is 0.784. The summed E-state index contributed by atoms with van der Waals surface area (Å²) in [5, 5.41) is 9.94. The Bertz CT molecular complexity index is 379. The van der Waals surface area contributed by atoms with E-state index in [9.17, 15) is 5.11 Å². The van der Waals surface area contributed by atoms with Crippen molar-refractivity contribution in [1.82, 2.24) is 0 Å². The molecule has 0 aliphatic carbocycles. The minimum absolute atomic E-state index is 0.382. The maximum atomic E-state index is 9.94. The third-order valence-corrected chi connectivity index (χ3v) is 3.43. The molecule has 108 valence electrons. The second-order valence-corrected chi connectivity index (χ2v) is 5.18. The number of hydrogen-bond acceptors (Lipinski definition) is 3. The Morgan fingerprint density at radius 2 is 2.00 bits per heavy atom. The highest BCUT2D eigenvalue weighted by Gasteiger charge is 2.12. The van der Waals surface area contributed by atoms with Gasteiger partial charge >= 0.3 is 0 Å². The van der Waals surface area contributed by atoms with E-state index in [-0.39, 0.29) is 0 Å². The Balaban J connectivity index is 2.79. The van der Waals surface area contributed by atoms with Crippen LogP contribution in [0.25, 0.3) is 0 Å². The highest BCUT2D eigenvalue weighted by molar-refractivity contribution is 5.50. The molecule has 1 rings (SSSR count). The second kappa shape index (κ2) is 8.18. The van der Waals surface area contributed by atoms with Crippen LogP contribution in [0.2, 0.25) is 0 Å². The van der Waals surface area contributed by atoms with E-state index in [0.29, 0.717) is 13.2 Å². The first-order chi connectivity index (χ1) is 9.08. The van der Waals surface area contributed by atoms with Crippen LogP contribution >= 0.6 is 0 Å². The lowest BCUT2D eigenvalue weighted by atomic mass is 10.1. The van der Waals surface area contributed by atoms with E-state index in [1.165, 1.54) is 16.8 Å². The average Bonchev–Trinajstić information content (AvgIpc) is 2.38. The molecule has 0 saturated heterocycles. The first-order valence-electron chi connectivity index (χ1n) is 7.07. The molecule has 1 unspecified atom stereocenters. The highest BCUT2D eigenvalue weighted by Crippen LogP contribution is 2.19. The average molecular weight is 265 g/mol. The number of nitrogens with zero attached hydrogens (tertiary/aromatic N) is 1. The van der Waals surface area contributed by atoms with Gasteiger partial charge in [0.25, 0.3) is 0 Å². The summed E-state index contributed by atoms with van der Waals surface area (Å²) in [6.07, 6.45) is 1.84. The molecule has 0 amide bonds. The minimum Gasteiger partial charge on any atom is -0.389 e. The molecule has 0 aromatic heterocycles.